The van der Waals surface area contributed by atoms with Crippen LogP contribution in [-0.2, 0) is 14.3 Å². The Morgan fingerprint density at radius 3 is 2.55 bits per heavy atom. The van der Waals surface area contributed by atoms with Gasteiger partial charge in [0.05, 0.1) is 22.5 Å². The van der Waals surface area contributed by atoms with Gasteiger partial charge >= 0.3 is 12.1 Å². The van der Waals surface area contributed by atoms with Crippen molar-refractivity contribution in [2.75, 3.05) is 6.61 Å². The van der Waals surface area contributed by atoms with Gasteiger partial charge in [0.25, 0.3) is 0 Å². The highest BCUT2D eigenvalue weighted by Crippen LogP contribution is 2.35. The summed E-state index contributed by atoms with van der Waals surface area (Å²) in [6.45, 7) is 8.52. The summed E-state index contributed by atoms with van der Waals surface area (Å²) in [5.41, 5.74) is -0.0303. The molecule has 0 saturated carbocycles. The molecule has 1 aromatic heterocycles. The number of carbonyl (C=O) groups excluding carboxylic acids is 2. The van der Waals surface area contributed by atoms with Gasteiger partial charge in [0, 0.05) is 5.56 Å². The van der Waals surface area contributed by atoms with Crippen molar-refractivity contribution in [3.8, 4) is 11.3 Å². The molecule has 1 aromatic carbocycles. The molecule has 0 spiro atoms. The van der Waals surface area contributed by atoms with Gasteiger partial charge in [-0.2, -0.15) is 0 Å². The minimum absolute atomic E-state index is 0.0464. The number of aliphatic hydroxyl groups excluding tert-OH is 1. The van der Waals surface area contributed by atoms with Crippen molar-refractivity contribution in [1.29, 1.82) is 0 Å². The smallest absolute Gasteiger partial charge is 0.407 e. The quantitative estimate of drug-likeness (QED) is 0.424. The van der Waals surface area contributed by atoms with E-state index in [-0.39, 0.29) is 24.6 Å². The van der Waals surface area contributed by atoms with Crippen molar-refractivity contribution in [3.05, 3.63) is 53.1 Å². The molecule has 1 heterocycles. The lowest BCUT2D eigenvalue weighted by molar-refractivity contribution is -0.156. The Balaban J connectivity index is 2.26. The van der Waals surface area contributed by atoms with Crippen LogP contribution in [0.2, 0.25) is 10.0 Å². The van der Waals surface area contributed by atoms with Gasteiger partial charge in [-0.3, -0.25) is 4.79 Å². The second kappa shape index (κ2) is 10.7. The summed E-state index contributed by atoms with van der Waals surface area (Å²) in [6, 6.07) is 3.81. The number of hydrogen-bond donors (Lipinski definition) is 2. The maximum atomic E-state index is 12.3. The molecule has 2 N–H and O–H groups in total. The minimum Gasteiger partial charge on any atom is -0.460 e. The van der Waals surface area contributed by atoms with Gasteiger partial charge in [0.15, 0.2) is 6.10 Å². The fraction of sp³-hybridized carbons (Fsp3) is 0.381. The van der Waals surface area contributed by atoms with Crippen molar-refractivity contribution in [2.24, 2.45) is 0 Å². The van der Waals surface area contributed by atoms with E-state index in [4.69, 9.17) is 37.1 Å². The molecule has 10 heteroatoms. The topological polar surface area (TPSA) is 111 Å². The molecule has 0 aliphatic heterocycles. The van der Waals surface area contributed by atoms with Crippen LogP contribution in [0, 0.1) is 0 Å². The molecule has 0 fully saturated rings. The summed E-state index contributed by atoms with van der Waals surface area (Å²) in [6.07, 6.45) is -0.0439. The fourth-order valence-electron chi connectivity index (χ4n) is 2.58. The predicted octanol–water partition coefficient (Wildman–Crippen LogP) is 4.69. The summed E-state index contributed by atoms with van der Waals surface area (Å²) in [5.74, 6) is -0.787. The van der Waals surface area contributed by atoms with E-state index in [2.05, 4.69) is 16.9 Å². The number of oxazole rings is 1. The number of nitrogens with one attached hydrogen (secondary N) is 1. The van der Waals surface area contributed by atoms with Gasteiger partial charge in [-0.25, -0.2) is 9.78 Å². The van der Waals surface area contributed by atoms with Gasteiger partial charge < -0.3 is 24.3 Å². The summed E-state index contributed by atoms with van der Waals surface area (Å²) < 4.78 is 15.5. The Kier molecular flexibility index (Phi) is 8.50. The SMILES string of the molecule is C=CCOC(=O)NC(CC(=O)OC(C)(C)C)C(O)c1nc(-c2c(Cl)cccc2Cl)co1. The number of hydrogen-bond acceptors (Lipinski definition) is 7. The van der Waals surface area contributed by atoms with Crippen LogP contribution in [-0.4, -0.2) is 40.4 Å². The van der Waals surface area contributed by atoms with Gasteiger partial charge in [0.1, 0.15) is 24.2 Å². The maximum absolute atomic E-state index is 12.3. The molecule has 8 nitrogen and oxygen atoms in total. The highest BCUT2D eigenvalue weighted by Gasteiger charge is 2.32. The number of ether oxygens (including phenoxy) is 2. The summed E-state index contributed by atoms with van der Waals surface area (Å²) in [7, 11) is 0. The zero-order valence-electron chi connectivity index (χ0n) is 17.4. The minimum atomic E-state index is -1.49. The molecular formula is C21H24Cl2N2O6. The lowest BCUT2D eigenvalue weighted by Gasteiger charge is -2.24. The van der Waals surface area contributed by atoms with Gasteiger partial charge in [-0.1, -0.05) is 41.9 Å². The highest BCUT2D eigenvalue weighted by atomic mass is 35.5. The van der Waals surface area contributed by atoms with Crippen LogP contribution in [0.4, 0.5) is 4.79 Å². The zero-order valence-corrected chi connectivity index (χ0v) is 18.9. The van der Waals surface area contributed by atoms with E-state index in [0.29, 0.717) is 15.6 Å². The molecule has 0 aliphatic rings. The predicted molar refractivity (Wildman–Crippen MR) is 116 cm³/mol. The van der Waals surface area contributed by atoms with Crippen LogP contribution in [0.5, 0.6) is 0 Å². The molecule has 0 aliphatic carbocycles. The Morgan fingerprint density at radius 1 is 1.32 bits per heavy atom. The Morgan fingerprint density at radius 2 is 1.97 bits per heavy atom. The van der Waals surface area contributed by atoms with Crippen molar-refractivity contribution in [3.63, 3.8) is 0 Å². The van der Waals surface area contributed by atoms with Gasteiger partial charge in [-0.05, 0) is 32.9 Å². The van der Waals surface area contributed by atoms with E-state index in [0.717, 1.165) is 0 Å². The van der Waals surface area contributed by atoms with Crippen LogP contribution >= 0.6 is 23.2 Å². The Hall–Kier alpha value is -2.55. The van der Waals surface area contributed by atoms with E-state index in [1.807, 2.05) is 0 Å². The number of carbonyl (C=O) groups is 2. The first-order valence-corrected chi connectivity index (χ1v) is 10.1. The van der Waals surface area contributed by atoms with Crippen LogP contribution in [0.25, 0.3) is 11.3 Å². The number of alkyl carbamates (subject to hydrolysis) is 1. The highest BCUT2D eigenvalue weighted by molar-refractivity contribution is 6.39. The number of esters is 1. The van der Waals surface area contributed by atoms with E-state index in [1.54, 1.807) is 39.0 Å². The normalized spacial score (nSPS) is 13.2. The molecular weight excluding hydrogens is 447 g/mol. The second-order valence-corrected chi connectivity index (χ2v) is 8.36. The lowest BCUT2D eigenvalue weighted by atomic mass is 10.1. The van der Waals surface area contributed by atoms with Crippen LogP contribution in [0.1, 0.15) is 39.2 Å². The first-order valence-electron chi connectivity index (χ1n) is 9.35. The van der Waals surface area contributed by atoms with Gasteiger partial charge in [0.2, 0.25) is 5.89 Å². The number of halogens is 2. The molecule has 0 bridgehead atoms. The lowest BCUT2D eigenvalue weighted by Crippen LogP contribution is -2.42. The Bertz CT molecular complexity index is 918. The zero-order chi connectivity index (χ0) is 23.2. The molecule has 1 amide bonds. The first-order chi connectivity index (χ1) is 14.5. The monoisotopic (exact) mass is 470 g/mol. The molecule has 2 rings (SSSR count). The molecule has 31 heavy (non-hydrogen) atoms. The molecule has 168 valence electrons. The third-order valence-electron chi connectivity index (χ3n) is 3.82. The van der Waals surface area contributed by atoms with E-state index in [1.165, 1.54) is 12.3 Å². The van der Waals surface area contributed by atoms with Crippen LogP contribution < -0.4 is 5.32 Å². The second-order valence-electron chi connectivity index (χ2n) is 7.54. The molecule has 0 radical (unpaired) electrons. The van der Waals surface area contributed by atoms with Crippen molar-refractivity contribution < 1.29 is 28.6 Å². The van der Waals surface area contributed by atoms with Crippen molar-refractivity contribution >= 4 is 35.3 Å². The van der Waals surface area contributed by atoms with Crippen molar-refractivity contribution in [1.82, 2.24) is 10.3 Å². The number of rotatable bonds is 8. The maximum Gasteiger partial charge on any atom is 0.407 e. The summed E-state index contributed by atoms with van der Waals surface area (Å²) >= 11 is 12.4. The van der Waals surface area contributed by atoms with Gasteiger partial charge in [-0.15, -0.1) is 0 Å². The van der Waals surface area contributed by atoms with Crippen LogP contribution in [0.15, 0.2) is 41.5 Å². The fourth-order valence-corrected chi connectivity index (χ4v) is 3.18. The third kappa shape index (κ3) is 7.27. The molecule has 2 aromatic rings. The average molecular weight is 471 g/mol. The first kappa shape index (κ1) is 24.7. The van der Waals surface area contributed by atoms with Crippen LogP contribution in [0.3, 0.4) is 0 Å². The third-order valence-corrected chi connectivity index (χ3v) is 4.45. The van der Waals surface area contributed by atoms with E-state index < -0.39 is 29.8 Å². The van der Waals surface area contributed by atoms with Crippen molar-refractivity contribution in [2.45, 2.75) is 44.9 Å². The number of aliphatic hydroxyl groups is 1. The molecule has 2 unspecified atom stereocenters. The number of aromatic nitrogens is 1. The standard InChI is InChI=1S/C21H24Cl2N2O6/c1-5-9-29-20(28)25-14(10-16(26)31-21(2,3)4)18(27)19-24-15(11-30-19)17-12(22)7-6-8-13(17)23/h5-8,11,14,18,27H,1,9-10H2,2-4H3,(H,25,28). The molecule has 0 saturated heterocycles. The number of nitrogens with zero attached hydrogens (tertiary/aromatic N) is 1. The number of benzene rings is 1. The van der Waals surface area contributed by atoms with E-state index in [9.17, 15) is 14.7 Å². The largest absolute Gasteiger partial charge is 0.460 e. The summed E-state index contributed by atoms with van der Waals surface area (Å²) in [4.78, 5) is 28.5. The average Bonchev–Trinajstić information content (AvgIpc) is 3.13. The Labute approximate surface area is 190 Å². The summed E-state index contributed by atoms with van der Waals surface area (Å²) in [5, 5.41) is 13.9. The molecule has 2 atom stereocenters. The number of amides is 1. The van der Waals surface area contributed by atoms with E-state index >= 15 is 0 Å².